The zero-order chi connectivity index (χ0) is 16.8. The van der Waals surface area contributed by atoms with Crippen LogP contribution in [0.15, 0.2) is 50.1 Å². The predicted molar refractivity (Wildman–Crippen MR) is 102 cm³/mol. The van der Waals surface area contributed by atoms with Crippen LogP contribution in [0.4, 0.5) is 0 Å². The van der Waals surface area contributed by atoms with E-state index in [2.05, 4.69) is 9.98 Å². The Morgan fingerprint density at radius 1 is 1.25 bits per heavy atom. The highest BCUT2D eigenvalue weighted by Crippen LogP contribution is 2.39. The van der Waals surface area contributed by atoms with Gasteiger partial charge in [0, 0.05) is 45.9 Å². The second kappa shape index (κ2) is 5.87. The first-order valence-corrected chi connectivity index (χ1v) is 8.63. The van der Waals surface area contributed by atoms with Crippen molar-refractivity contribution < 1.29 is 0 Å². The fourth-order valence-corrected chi connectivity index (χ4v) is 3.88. The molecule has 0 bridgehead atoms. The number of benzene rings is 1. The fourth-order valence-electron chi connectivity index (χ4n) is 3.37. The summed E-state index contributed by atoms with van der Waals surface area (Å²) in [5.41, 5.74) is 12.7. The van der Waals surface area contributed by atoms with Gasteiger partial charge in [0.05, 0.1) is 16.4 Å². The summed E-state index contributed by atoms with van der Waals surface area (Å²) in [6, 6.07) is 5.20. The highest BCUT2D eigenvalue weighted by molar-refractivity contribution is 6.38. The number of aliphatic imine (C=N–C) groups is 3. The minimum absolute atomic E-state index is 0.255. The van der Waals surface area contributed by atoms with Crippen molar-refractivity contribution in [3.8, 4) is 0 Å². The van der Waals surface area contributed by atoms with E-state index in [0.29, 0.717) is 10.0 Å². The molecule has 3 aliphatic heterocycles. The van der Waals surface area contributed by atoms with E-state index in [1.165, 1.54) is 0 Å². The average molecular weight is 359 g/mol. The summed E-state index contributed by atoms with van der Waals surface area (Å²) in [6.07, 6.45) is 3.84. The Bertz CT molecular complexity index is 890. The molecular formula is C18H16Cl2N4. The molecule has 1 unspecified atom stereocenters. The van der Waals surface area contributed by atoms with Crippen LogP contribution in [0.5, 0.6) is 0 Å². The highest BCUT2D eigenvalue weighted by Gasteiger charge is 2.34. The zero-order valence-electron chi connectivity index (χ0n) is 13.2. The molecule has 3 heterocycles. The summed E-state index contributed by atoms with van der Waals surface area (Å²) in [4.78, 5) is 13.9. The quantitative estimate of drug-likeness (QED) is 0.850. The first kappa shape index (κ1) is 15.6. The molecule has 0 amide bonds. The van der Waals surface area contributed by atoms with E-state index in [1.54, 1.807) is 6.07 Å². The van der Waals surface area contributed by atoms with Gasteiger partial charge < -0.3 is 5.73 Å². The molecule has 0 saturated carbocycles. The number of allylic oxidation sites excluding steroid dienone is 2. The molecule has 0 radical (unpaired) electrons. The SMILES string of the molecule is CC1=NC2C(N)=C(C3=NCCC3)C=NC2=C1c1ccc(Cl)cc1Cl. The molecule has 3 aliphatic rings. The topological polar surface area (TPSA) is 63.1 Å². The first-order valence-electron chi connectivity index (χ1n) is 7.88. The van der Waals surface area contributed by atoms with E-state index in [9.17, 15) is 0 Å². The van der Waals surface area contributed by atoms with Crippen LogP contribution in [0.1, 0.15) is 25.3 Å². The molecule has 4 nitrogen and oxygen atoms in total. The lowest BCUT2D eigenvalue weighted by atomic mass is 9.94. The van der Waals surface area contributed by atoms with Crippen molar-refractivity contribution in [1.29, 1.82) is 0 Å². The van der Waals surface area contributed by atoms with Gasteiger partial charge in [-0.15, -0.1) is 0 Å². The molecule has 6 heteroatoms. The van der Waals surface area contributed by atoms with Crippen molar-refractivity contribution in [3.05, 3.63) is 50.8 Å². The van der Waals surface area contributed by atoms with Gasteiger partial charge >= 0.3 is 0 Å². The van der Waals surface area contributed by atoms with Gasteiger partial charge in [-0.3, -0.25) is 15.0 Å². The third-order valence-corrected chi connectivity index (χ3v) is 5.07. The smallest absolute Gasteiger partial charge is 0.133 e. The summed E-state index contributed by atoms with van der Waals surface area (Å²) < 4.78 is 0. The van der Waals surface area contributed by atoms with Gasteiger partial charge in [-0.25, -0.2) is 0 Å². The molecule has 0 saturated heterocycles. The third kappa shape index (κ3) is 2.41. The van der Waals surface area contributed by atoms with Crippen molar-refractivity contribution >= 4 is 46.4 Å². The monoisotopic (exact) mass is 358 g/mol. The van der Waals surface area contributed by atoms with Crippen LogP contribution in [0, 0.1) is 0 Å². The molecule has 24 heavy (non-hydrogen) atoms. The maximum atomic E-state index is 6.42. The van der Waals surface area contributed by atoms with Gasteiger partial charge in [0.1, 0.15) is 6.04 Å². The molecule has 0 aromatic heterocycles. The lowest BCUT2D eigenvalue weighted by Crippen LogP contribution is -2.25. The van der Waals surface area contributed by atoms with Crippen LogP contribution in [0.3, 0.4) is 0 Å². The van der Waals surface area contributed by atoms with Crippen molar-refractivity contribution in [2.45, 2.75) is 25.8 Å². The van der Waals surface area contributed by atoms with Crippen LogP contribution in [-0.4, -0.2) is 30.2 Å². The van der Waals surface area contributed by atoms with Crippen LogP contribution in [0.2, 0.25) is 10.0 Å². The van der Waals surface area contributed by atoms with E-state index in [4.69, 9.17) is 33.9 Å². The minimum Gasteiger partial charge on any atom is -0.399 e. The summed E-state index contributed by atoms with van der Waals surface area (Å²) in [5, 5.41) is 1.19. The van der Waals surface area contributed by atoms with Crippen LogP contribution in [0.25, 0.3) is 5.57 Å². The molecule has 1 atom stereocenters. The van der Waals surface area contributed by atoms with Gasteiger partial charge in [-0.1, -0.05) is 29.3 Å². The van der Waals surface area contributed by atoms with Gasteiger partial charge in [-0.05, 0) is 31.9 Å². The first-order chi connectivity index (χ1) is 11.6. The van der Waals surface area contributed by atoms with Crippen molar-refractivity contribution in [1.82, 2.24) is 0 Å². The molecule has 1 aromatic rings. The summed E-state index contributed by atoms with van der Waals surface area (Å²) in [7, 11) is 0. The number of rotatable bonds is 2. The standard InChI is InChI=1S/C18H16Cl2N4/c1-9-15(11-5-4-10(19)7-13(11)20)17-18(24-9)16(21)12(8-23-17)14-3-2-6-22-14/h4-5,7-8,18H,2-3,6,21H2,1H3. The van der Waals surface area contributed by atoms with E-state index >= 15 is 0 Å². The number of halogens is 2. The number of dihydropyridines is 1. The fraction of sp³-hybridized carbons (Fsp3) is 0.278. The summed E-state index contributed by atoms with van der Waals surface area (Å²) in [5.74, 6) is 0. The highest BCUT2D eigenvalue weighted by atomic mass is 35.5. The van der Waals surface area contributed by atoms with Crippen molar-refractivity contribution in [2.24, 2.45) is 20.7 Å². The molecule has 1 aromatic carbocycles. The van der Waals surface area contributed by atoms with E-state index in [1.807, 2.05) is 25.3 Å². The Morgan fingerprint density at radius 2 is 2.08 bits per heavy atom. The number of nitrogens with zero attached hydrogens (tertiary/aromatic N) is 3. The second-order valence-corrected chi connectivity index (χ2v) is 6.90. The van der Waals surface area contributed by atoms with Crippen molar-refractivity contribution in [2.75, 3.05) is 6.54 Å². The van der Waals surface area contributed by atoms with Gasteiger partial charge in [-0.2, -0.15) is 0 Å². The Morgan fingerprint density at radius 3 is 2.79 bits per heavy atom. The van der Waals surface area contributed by atoms with Crippen LogP contribution in [-0.2, 0) is 0 Å². The van der Waals surface area contributed by atoms with Gasteiger partial charge in [0.25, 0.3) is 0 Å². The maximum absolute atomic E-state index is 6.42. The Labute approximate surface area is 150 Å². The molecule has 0 aliphatic carbocycles. The number of hydrogen-bond donors (Lipinski definition) is 1. The van der Waals surface area contributed by atoms with E-state index in [0.717, 1.165) is 58.9 Å². The van der Waals surface area contributed by atoms with Gasteiger partial charge in [0.2, 0.25) is 0 Å². The maximum Gasteiger partial charge on any atom is 0.133 e. The number of fused-ring (bicyclic) bond motifs is 1. The minimum atomic E-state index is -0.255. The Balaban J connectivity index is 1.82. The molecule has 0 fully saturated rings. The Hall–Kier alpha value is -1.91. The van der Waals surface area contributed by atoms with Crippen molar-refractivity contribution in [3.63, 3.8) is 0 Å². The lowest BCUT2D eigenvalue weighted by Gasteiger charge is -2.19. The molecule has 0 spiro atoms. The van der Waals surface area contributed by atoms with E-state index in [-0.39, 0.29) is 6.04 Å². The molecule has 4 rings (SSSR count). The zero-order valence-corrected chi connectivity index (χ0v) is 14.7. The molecule has 122 valence electrons. The largest absolute Gasteiger partial charge is 0.399 e. The van der Waals surface area contributed by atoms with Crippen LogP contribution < -0.4 is 5.73 Å². The second-order valence-electron chi connectivity index (χ2n) is 6.06. The number of hydrogen-bond acceptors (Lipinski definition) is 4. The number of nitrogens with two attached hydrogens (primary N) is 1. The van der Waals surface area contributed by atoms with Crippen LogP contribution >= 0.6 is 23.2 Å². The normalized spacial score (nSPS) is 22.9. The van der Waals surface area contributed by atoms with Gasteiger partial charge in [0.15, 0.2) is 0 Å². The average Bonchev–Trinajstić information content (AvgIpc) is 3.17. The lowest BCUT2D eigenvalue weighted by molar-refractivity contribution is 0.869. The van der Waals surface area contributed by atoms with E-state index < -0.39 is 0 Å². The Kier molecular flexibility index (Phi) is 3.82. The summed E-state index contributed by atoms with van der Waals surface area (Å²) >= 11 is 12.4. The predicted octanol–water partition coefficient (Wildman–Crippen LogP) is 4.08. The third-order valence-electron chi connectivity index (χ3n) is 4.52. The molecular weight excluding hydrogens is 343 g/mol. The summed E-state index contributed by atoms with van der Waals surface area (Å²) in [6.45, 7) is 2.82. The molecule has 2 N–H and O–H groups in total.